The minimum atomic E-state index is -4.50. The van der Waals surface area contributed by atoms with Crippen LogP contribution in [0.5, 0.6) is 0 Å². The Kier molecular flexibility index (Phi) is 4.86. The summed E-state index contributed by atoms with van der Waals surface area (Å²) < 4.78 is 44.8. The monoisotopic (exact) mass is 357 g/mol. The molecule has 0 saturated heterocycles. The summed E-state index contributed by atoms with van der Waals surface area (Å²) in [5.41, 5.74) is 4.60. The van der Waals surface area contributed by atoms with Crippen molar-refractivity contribution in [3.05, 3.63) is 29.7 Å². The van der Waals surface area contributed by atoms with Gasteiger partial charge in [-0.25, -0.2) is 19.6 Å². The summed E-state index contributed by atoms with van der Waals surface area (Å²) >= 11 is 0. The van der Waals surface area contributed by atoms with Crippen LogP contribution in [0.1, 0.15) is 24.3 Å². The predicted molar refractivity (Wildman–Crippen MR) is 81.4 cm³/mol. The van der Waals surface area contributed by atoms with Gasteiger partial charge < -0.3 is 15.4 Å². The molecule has 0 bridgehead atoms. The average Bonchev–Trinajstić information content (AvgIpc) is 2.95. The molecule has 0 aromatic carbocycles. The van der Waals surface area contributed by atoms with Crippen molar-refractivity contribution in [3.8, 4) is 0 Å². The van der Waals surface area contributed by atoms with E-state index in [4.69, 9.17) is 10.5 Å². The smallest absolute Gasteiger partial charge is 0.372 e. The molecule has 2 aromatic rings. The second-order valence-electron chi connectivity index (χ2n) is 5.84. The number of nitrogens with two attached hydrogens (primary N) is 1. The minimum Gasteiger partial charge on any atom is -0.372 e. The number of nitrogens with zero attached hydrogens (tertiary/aromatic N) is 6. The van der Waals surface area contributed by atoms with Gasteiger partial charge in [0.1, 0.15) is 18.2 Å². The lowest BCUT2D eigenvalue weighted by Gasteiger charge is -2.27. The molecule has 2 N–H and O–H groups in total. The first-order valence-electron chi connectivity index (χ1n) is 7.73. The van der Waals surface area contributed by atoms with Gasteiger partial charge in [0.05, 0.1) is 32.1 Å². The quantitative estimate of drug-likeness (QED) is 0.852. The Morgan fingerprint density at radius 1 is 1.28 bits per heavy atom. The summed E-state index contributed by atoms with van der Waals surface area (Å²) in [5, 5.41) is 4.35. The molecule has 0 aliphatic carbocycles. The van der Waals surface area contributed by atoms with Crippen molar-refractivity contribution in [3.63, 3.8) is 0 Å². The SMILES string of the molecule is C[C@H](N)COCc1nc2n(n1)CCN(c1cnc(C(F)(F)F)cn1)C2. The van der Waals surface area contributed by atoms with Gasteiger partial charge in [-0.15, -0.1) is 0 Å². The molecule has 1 atom stereocenters. The summed E-state index contributed by atoms with van der Waals surface area (Å²) in [7, 11) is 0. The maximum Gasteiger partial charge on any atom is 0.434 e. The van der Waals surface area contributed by atoms with Crippen molar-refractivity contribution in [2.45, 2.75) is 38.8 Å². The number of hydrogen-bond donors (Lipinski definition) is 1. The average molecular weight is 357 g/mol. The molecule has 3 heterocycles. The highest BCUT2D eigenvalue weighted by molar-refractivity contribution is 5.37. The Balaban J connectivity index is 1.65. The first-order valence-corrected chi connectivity index (χ1v) is 7.73. The van der Waals surface area contributed by atoms with Gasteiger partial charge in [-0.05, 0) is 6.92 Å². The Morgan fingerprint density at radius 2 is 2.08 bits per heavy atom. The van der Waals surface area contributed by atoms with Crippen molar-refractivity contribution < 1.29 is 17.9 Å². The molecule has 0 spiro atoms. The number of halogens is 3. The van der Waals surface area contributed by atoms with Crippen LogP contribution >= 0.6 is 0 Å². The molecule has 0 radical (unpaired) electrons. The molecule has 1 aliphatic heterocycles. The molecule has 0 unspecified atom stereocenters. The zero-order chi connectivity index (χ0) is 18.0. The van der Waals surface area contributed by atoms with E-state index >= 15 is 0 Å². The highest BCUT2D eigenvalue weighted by atomic mass is 19.4. The van der Waals surface area contributed by atoms with Crippen LogP contribution in [0.3, 0.4) is 0 Å². The molecule has 1 aliphatic rings. The maximum absolute atomic E-state index is 12.6. The van der Waals surface area contributed by atoms with Crippen molar-refractivity contribution in [2.24, 2.45) is 5.73 Å². The van der Waals surface area contributed by atoms with Crippen molar-refractivity contribution in [1.82, 2.24) is 24.7 Å². The van der Waals surface area contributed by atoms with Crippen LogP contribution in [-0.2, 0) is 30.6 Å². The van der Waals surface area contributed by atoms with Gasteiger partial charge in [0.15, 0.2) is 11.5 Å². The van der Waals surface area contributed by atoms with Gasteiger partial charge in [0.25, 0.3) is 0 Å². The Labute approximate surface area is 141 Å². The minimum absolute atomic E-state index is 0.0639. The number of alkyl halides is 3. The van der Waals surface area contributed by atoms with Crippen molar-refractivity contribution in [1.29, 1.82) is 0 Å². The molecular weight excluding hydrogens is 339 g/mol. The Morgan fingerprint density at radius 3 is 2.72 bits per heavy atom. The van der Waals surface area contributed by atoms with E-state index in [9.17, 15) is 13.2 Å². The lowest BCUT2D eigenvalue weighted by molar-refractivity contribution is -0.141. The molecule has 0 saturated carbocycles. The summed E-state index contributed by atoms with van der Waals surface area (Å²) in [6.45, 7) is 4.02. The van der Waals surface area contributed by atoms with E-state index in [1.165, 1.54) is 0 Å². The summed E-state index contributed by atoms with van der Waals surface area (Å²) in [5.74, 6) is 1.63. The number of anilines is 1. The Bertz CT molecular complexity index is 714. The fourth-order valence-corrected chi connectivity index (χ4v) is 2.41. The fraction of sp³-hybridized carbons (Fsp3) is 0.571. The molecular formula is C14H18F3N7O. The van der Waals surface area contributed by atoms with Gasteiger partial charge in [0, 0.05) is 12.6 Å². The number of ether oxygens (including phenoxy) is 1. The molecule has 8 nitrogen and oxygen atoms in total. The molecule has 25 heavy (non-hydrogen) atoms. The number of fused-ring (bicyclic) bond motifs is 1. The van der Waals surface area contributed by atoms with Crippen molar-refractivity contribution >= 4 is 5.82 Å². The summed E-state index contributed by atoms with van der Waals surface area (Å²) in [6.07, 6.45) is -2.63. The second-order valence-corrected chi connectivity index (χ2v) is 5.84. The van der Waals surface area contributed by atoms with Crippen LogP contribution in [0.25, 0.3) is 0 Å². The lowest BCUT2D eigenvalue weighted by atomic mass is 10.3. The van der Waals surface area contributed by atoms with E-state index in [-0.39, 0.29) is 12.6 Å². The third-order valence-electron chi connectivity index (χ3n) is 3.57. The van der Waals surface area contributed by atoms with Crippen LogP contribution in [0.15, 0.2) is 12.4 Å². The number of hydrogen-bond acceptors (Lipinski definition) is 7. The first kappa shape index (κ1) is 17.5. The van der Waals surface area contributed by atoms with Gasteiger partial charge >= 0.3 is 6.18 Å². The topological polar surface area (TPSA) is 95.0 Å². The van der Waals surface area contributed by atoms with Gasteiger partial charge in [0.2, 0.25) is 0 Å². The highest BCUT2D eigenvalue weighted by Crippen LogP contribution is 2.27. The third kappa shape index (κ3) is 4.23. The van der Waals surface area contributed by atoms with E-state index in [0.717, 1.165) is 12.4 Å². The second kappa shape index (κ2) is 6.92. The molecule has 0 fully saturated rings. The van der Waals surface area contributed by atoms with Gasteiger partial charge in [-0.1, -0.05) is 0 Å². The molecule has 136 valence electrons. The van der Waals surface area contributed by atoms with E-state index in [1.54, 1.807) is 4.68 Å². The zero-order valence-electron chi connectivity index (χ0n) is 13.6. The summed E-state index contributed by atoms with van der Waals surface area (Å²) in [6, 6.07) is -0.0639. The van der Waals surface area contributed by atoms with Crippen LogP contribution in [0, 0.1) is 0 Å². The van der Waals surface area contributed by atoms with Crippen molar-refractivity contribution in [2.75, 3.05) is 18.1 Å². The first-order chi connectivity index (χ1) is 11.8. The largest absolute Gasteiger partial charge is 0.434 e. The number of aromatic nitrogens is 5. The molecule has 0 amide bonds. The predicted octanol–water partition coefficient (Wildman–Crippen LogP) is 0.971. The van der Waals surface area contributed by atoms with Crippen LogP contribution in [0.4, 0.5) is 19.0 Å². The zero-order valence-corrected chi connectivity index (χ0v) is 13.6. The van der Waals surface area contributed by atoms with Gasteiger partial charge in [-0.3, -0.25) is 0 Å². The highest BCUT2D eigenvalue weighted by Gasteiger charge is 2.33. The standard InChI is InChI=1S/C14H18F3N7O/c1-9(18)7-25-8-11-21-13-6-23(2-3-24(13)22-11)12-5-19-10(4-20-12)14(15,16)17/h4-5,9H,2-3,6-8,18H2,1H3/t9-/m0/s1. The van der Waals surface area contributed by atoms with E-state index < -0.39 is 11.9 Å². The maximum atomic E-state index is 12.6. The Hall–Kier alpha value is -2.27. The van der Waals surface area contributed by atoms with Crippen LogP contribution in [0.2, 0.25) is 0 Å². The van der Waals surface area contributed by atoms with Crippen LogP contribution in [-0.4, -0.2) is 43.9 Å². The van der Waals surface area contributed by atoms with Gasteiger partial charge in [-0.2, -0.15) is 18.3 Å². The fourth-order valence-electron chi connectivity index (χ4n) is 2.41. The molecule has 11 heteroatoms. The van der Waals surface area contributed by atoms with E-state index in [2.05, 4.69) is 20.1 Å². The van der Waals surface area contributed by atoms with E-state index in [0.29, 0.717) is 43.7 Å². The molecule has 3 rings (SSSR count). The van der Waals surface area contributed by atoms with Crippen LogP contribution < -0.4 is 10.6 Å². The molecule has 2 aromatic heterocycles. The lowest BCUT2D eigenvalue weighted by Crippen LogP contribution is -2.35. The van der Waals surface area contributed by atoms with E-state index in [1.807, 2.05) is 11.8 Å². The normalized spacial score (nSPS) is 16.0. The number of rotatable bonds is 5. The third-order valence-corrected chi connectivity index (χ3v) is 3.57. The summed E-state index contributed by atoms with van der Waals surface area (Å²) in [4.78, 5) is 13.5.